The van der Waals surface area contributed by atoms with E-state index in [1.165, 1.54) is 5.56 Å². The molecule has 1 atom stereocenters. The molecule has 1 aromatic heterocycles. The number of imidazole rings is 1. The molecular formula is C28H29N3O3. The van der Waals surface area contributed by atoms with Crippen molar-refractivity contribution < 1.29 is 14.3 Å². The summed E-state index contributed by atoms with van der Waals surface area (Å²) in [6.45, 7) is 5.92. The molecule has 3 aromatic carbocycles. The third kappa shape index (κ3) is 4.23. The van der Waals surface area contributed by atoms with Crippen LogP contribution in [0.15, 0.2) is 66.7 Å². The molecule has 1 aliphatic rings. The lowest BCUT2D eigenvalue weighted by atomic mass is 10.1. The average molecular weight is 456 g/mol. The lowest BCUT2D eigenvalue weighted by molar-refractivity contribution is -0.117. The van der Waals surface area contributed by atoms with E-state index in [1.807, 2.05) is 47.4 Å². The fraction of sp³-hybridized carbons (Fsp3) is 0.286. The van der Waals surface area contributed by atoms with Crippen LogP contribution in [-0.4, -0.2) is 35.7 Å². The molecule has 0 radical (unpaired) electrons. The van der Waals surface area contributed by atoms with Crippen molar-refractivity contribution in [2.24, 2.45) is 0 Å². The largest absolute Gasteiger partial charge is 0.497 e. The van der Waals surface area contributed by atoms with E-state index in [9.17, 15) is 4.79 Å². The van der Waals surface area contributed by atoms with Crippen LogP contribution >= 0.6 is 0 Å². The number of nitrogens with zero attached hydrogens (tertiary/aromatic N) is 3. The van der Waals surface area contributed by atoms with Gasteiger partial charge in [0.1, 0.15) is 23.9 Å². The van der Waals surface area contributed by atoms with Gasteiger partial charge in [0.25, 0.3) is 0 Å². The van der Waals surface area contributed by atoms with Crippen molar-refractivity contribution in [1.29, 1.82) is 0 Å². The molecule has 34 heavy (non-hydrogen) atoms. The molecule has 0 N–H and O–H groups in total. The number of hydrogen-bond acceptors (Lipinski definition) is 4. The lowest BCUT2D eigenvalue weighted by Gasteiger charge is -2.18. The number of hydrogen-bond donors (Lipinski definition) is 0. The van der Waals surface area contributed by atoms with Crippen molar-refractivity contribution in [2.45, 2.75) is 32.7 Å². The number of rotatable bonds is 7. The van der Waals surface area contributed by atoms with E-state index >= 15 is 0 Å². The first-order valence-corrected chi connectivity index (χ1v) is 11.6. The highest BCUT2D eigenvalue weighted by molar-refractivity contribution is 5.96. The van der Waals surface area contributed by atoms with Crippen LogP contribution in [0.3, 0.4) is 0 Å². The Morgan fingerprint density at radius 3 is 2.62 bits per heavy atom. The molecule has 4 aromatic rings. The molecule has 0 bridgehead atoms. The number of fused-ring (bicyclic) bond motifs is 1. The van der Waals surface area contributed by atoms with Gasteiger partial charge in [-0.1, -0.05) is 24.3 Å². The number of aromatic nitrogens is 2. The summed E-state index contributed by atoms with van der Waals surface area (Å²) >= 11 is 0. The second kappa shape index (κ2) is 9.21. The second-order valence-corrected chi connectivity index (χ2v) is 8.83. The van der Waals surface area contributed by atoms with Crippen LogP contribution in [-0.2, 0) is 11.3 Å². The predicted molar refractivity (Wildman–Crippen MR) is 134 cm³/mol. The Morgan fingerprint density at radius 2 is 1.82 bits per heavy atom. The Labute approximate surface area is 199 Å². The maximum Gasteiger partial charge on any atom is 0.227 e. The summed E-state index contributed by atoms with van der Waals surface area (Å²) in [4.78, 5) is 19.7. The first-order valence-electron chi connectivity index (χ1n) is 11.6. The van der Waals surface area contributed by atoms with E-state index < -0.39 is 0 Å². The van der Waals surface area contributed by atoms with Crippen LogP contribution in [0.25, 0.3) is 11.0 Å². The van der Waals surface area contributed by atoms with Crippen LogP contribution in [0.5, 0.6) is 11.5 Å². The van der Waals surface area contributed by atoms with Gasteiger partial charge in [0.05, 0.1) is 24.7 Å². The van der Waals surface area contributed by atoms with Crippen molar-refractivity contribution in [1.82, 2.24) is 9.55 Å². The van der Waals surface area contributed by atoms with Gasteiger partial charge in [-0.2, -0.15) is 0 Å². The Morgan fingerprint density at radius 1 is 1.03 bits per heavy atom. The summed E-state index contributed by atoms with van der Waals surface area (Å²) in [5.74, 6) is 2.75. The molecule has 0 spiro atoms. The lowest BCUT2D eigenvalue weighted by Crippen LogP contribution is -2.24. The molecule has 0 saturated carbocycles. The van der Waals surface area contributed by atoms with Crippen LogP contribution in [0, 0.1) is 13.8 Å². The SMILES string of the molecule is COc1ccc(N2C[C@H](c3nc4ccccc4n3CCOc3cc(C)ccc3C)CC2=O)cc1. The predicted octanol–water partition coefficient (Wildman–Crippen LogP) is 5.26. The van der Waals surface area contributed by atoms with Crippen LogP contribution < -0.4 is 14.4 Å². The van der Waals surface area contributed by atoms with Crippen molar-refractivity contribution in [3.63, 3.8) is 0 Å². The highest BCUT2D eigenvalue weighted by atomic mass is 16.5. The van der Waals surface area contributed by atoms with Crippen LogP contribution in [0.2, 0.25) is 0 Å². The zero-order valence-electron chi connectivity index (χ0n) is 19.8. The quantitative estimate of drug-likeness (QED) is 0.381. The monoisotopic (exact) mass is 455 g/mol. The molecule has 0 aliphatic carbocycles. The van der Waals surface area contributed by atoms with Crippen molar-refractivity contribution in [3.8, 4) is 11.5 Å². The molecular weight excluding hydrogens is 426 g/mol. The van der Waals surface area contributed by atoms with E-state index in [-0.39, 0.29) is 11.8 Å². The Kier molecular flexibility index (Phi) is 5.97. The third-order valence-corrected chi connectivity index (χ3v) is 6.47. The Hall–Kier alpha value is -3.80. The second-order valence-electron chi connectivity index (χ2n) is 8.83. The van der Waals surface area contributed by atoms with Gasteiger partial charge >= 0.3 is 0 Å². The minimum atomic E-state index is 0.0164. The standard InChI is InChI=1S/C28H29N3O3/c1-19-8-9-20(2)26(16-19)34-15-14-30-25-7-5-4-6-24(25)29-28(30)21-17-27(32)31(18-21)22-10-12-23(33-3)13-11-22/h4-13,16,21H,14-15,17-18H2,1-3H3/t21-/m1/s1. The van der Waals surface area contributed by atoms with Crippen molar-refractivity contribution in [2.75, 3.05) is 25.2 Å². The fourth-order valence-electron chi connectivity index (χ4n) is 4.64. The fourth-order valence-corrected chi connectivity index (χ4v) is 4.64. The maximum absolute atomic E-state index is 12.9. The highest BCUT2D eigenvalue weighted by Crippen LogP contribution is 2.34. The van der Waals surface area contributed by atoms with Crippen molar-refractivity contribution in [3.05, 3.63) is 83.7 Å². The summed E-state index contributed by atoms with van der Waals surface area (Å²) in [5.41, 5.74) is 5.20. The maximum atomic E-state index is 12.9. The van der Waals surface area contributed by atoms with Gasteiger partial charge in [0.2, 0.25) is 5.91 Å². The Bertz CT molecular complexity index is 1330. The van der Waals surface area contributed by atoms with Gasteiger partial charge in [-0.3, -0.25) is 4.79 Å². The van der Waals surface area contributed by atoms with Crippen LogP contribution in [0.4, 0.5) is 5.69 Å². The van der Waals surface area contributed by atoms with Crippen LogP contribution in [0.1, 0.15) is 29.3 Å². The van der Waals surface area contributed by atoms with Gasteiger partial charge in [-0.25, -0.2) is 4.98 Å². The van der Waals surface area contributed by atoms with Gasteiger partial charge < -0.3 is 18.9 Å². The smallest absolute Gasteiger partial charge is 0.227 e. The molecule has 6 heteroatoms. The number of para-hydroxylation sites is 2. The van der Waals surface area contributed by atoms with E-state index in [0.717, 1.165) is 39.6 Å². The Balaban J connectivity index is 1.39. The summed E-state index contributed by atoms with van der Waals surface area (Å²) < 4.78 is 13.6. The van der Waals surface area contributed by atoms with Gasteiger partial charge in [-0.05, 0) is 67.4 Å². The minimum Gasteiger partial charge on any atom is -0.497 e. The van der Waals surface area contributed by atoms with Gasteiger partial charge in [0.15, 0.2) is 0 Å². The van der Waals surface area contributed by atoms with E-state index in [2.05, 4.69) is 42.7 Å². The molecule has 1 fully saturated rings. The average Bonchev–Trinajstić information content (AvgIpc) is 3.42. The van der Waals surface area contributed by atoms with E-state index in [4.69, 9.17) is 14.5 Å². The number of carbonyl (C=O) groups excluding carboxylic acids is 1. The first-order chi connectivity index (χ1) is 16.5. The summed E-state index contributed by atoms with van der Waals surface area (Å²) in [5, 5.41) is 0. The normalized spacial score (nSPS) is 15.8. The minimum absolute atomic E-state index is 0.0164. The summed E-state index contributed by atoms with van der Waals surface area (Å²) in [7, 11) is 1.64. The van der Waals surface area contributed by atoms with Gasteiger partial charge in [-0.15, -0.1) is 0 Å². The number of benzene rings is 3. The zero-order chi connectivity index (χ0) is 23.7. The number of methoxy groups -OCH3 is 1. The molecule has 0 unspecified atom stereocenters. The summed E-state index contributed by atoms with van der Waals surface area (Å²) in [6.07, 6.45) is 0.438. The molecule has 1 amide bonds. The number of amides is 1. The van der Waals surface area contributed by atoms with E-state index in [1.54, 1.807) is 7.11 Å². The highest BCUT2D eigenvalue weighted by Gasteiger charge is 2.34. The number of ether oxygens (including phenoxy) is 2. The molecule has 6 nitrogen and oxygen atoms in total. The number of carbonyl (C=O) groups is 1. The number of aryl methyl sites for hydroxylation is 2. The van der Waals surface area contributed by atoms with Gasteiger partial charge in [0, 0.05) is 24.6 Å². The molecule has 1 saturated heterocycles. The molecule has 1 aliphatic heterocycles. The molecule has 5 rings (SSSR count). The van der Waals surface area contributed by atoms with E-state index in [0.29, 0.717) is 26.1 Å². The summed E-state index contributed by atoms with van der Waals surface area (Å²) in [6, 6.07) is 22.0. The third-order valence-electron chi connectivity index (χ3n) is 6.47. The first kappa shape index (κ1) is 22.0. The zero-order valence-corrected chi connectivity index (χ0v) is 19.8. The van der Waals surface area contributed by atoms with Crippen molar-refractivity contribution >= 4 is 22.6 Å². The molecule has 2 heterocycles. The number of anilines is 1. The molecule has 174 valence electrons. The topological polar surface area (TPSA) is 56.6 Å².